The fourth-order valence-corrected chi connectivity index (χ4v) is 5.74. The molecule has 1 aliphatic heterocycles. The Hall–Kier alpha value is -1.74. The van der Waals surface area contributed by atoms with Gasteiger partial charge in [-0.2, -0.15) is 4.31 Å². The standard InChI is InChI=1S/C21H26N2O4S2/c24-21(22-9-2-11-27-15-16-5-6-16)17-3-1-4-19(13-17)29(25,26)23-10-7-20-18(14-23)8-12-28-20/h1,3-4,8,12-13,16H,2,5-7,9-11,14-15H2,(H,22,24). The van der Waals surface area contributed by atoms with Crippen molar-refractivity contribution in [3.8, 4) is 0 Å². The van der Waals surface area contributed by atoms with Crippen LogP contribution < -0.4 is 5.32 Å². The van der Waals surface area contributed by atoms with Gasteiger partial charge in [-0.25, -0.2) is 8.42 Å². The van der Waals surface area contributed by atoms with E-state index in [9.17, 15) is 13.2 Å². The Morgan fingerprint density at radius 1 is 1.28 bits per heavy atom. The van der Waals surface area contributed by atoms with Gasteiger partial charge in [-0.1, -0.05) is 6.07 Å². The zero-order chi connectivity index (χ0) is 20.3. The Bertz CT molecular complexity index is 967. The number of benzene rings is 1. The Balaban J connectivity index is 1.34. The summed E-state index contributed by atoms with van der Waals surface area (Å²) < 4.78 is 33.2. The predicted molar refractivity (Wildman–Crippen MR) is 113 cm³/mol. The van der Waals surface area contributed by atoms with E-state index in [0.717, 1.165) is 30.9 Å². The Morgan fingerprint density at radius 2 is 2.14 bits per heavy atom. The van der Waals surface area contributed by atoms with Crippen molar-refractivity contribution < 1.29 is 17.9 Å². The summed E-state index contributed by atoms with van der Waals surface area (Å²) in [7, 11) is -3.64. The zero-order valence-corrected chi connectivity index (χ0v) is 17.9. The highest BCUT2D eigenvalue weighted by Gasteiger charge is 2.29. The number of hydrogen-bond acceptors (Lipinski definition) is 5. The topological polar surface area (TPSA) is 75.7 Å². The molecule has 0 atom stereocenters. The fourth-order valence-electron chi connectivity index (χ4n) is 3.39. The average Bonchev–Trinajstić information content (AvgIpc) is 3.44. The molecule has 1 amide bonds. The van der Waals surface area contributed by atoms with E-state index < -0.39 is 10.0 Å². The maximum atomic E-state index is 13.1. The average molecular weight is 435 g/mol. The Morgan fingerprint density at radius 3 is 2.97 bits per heavy atom. The molecular formula is C21H26N2O4S2. The van der Waals surface area contributed by atoms with Crippen LogP contribution >= 0.6 is 11.3 Å². The molecule has 0 unspecified atom stereocenters. The number of hydrogen-bond donors (Lipinski definition) is 1. The minimum Gasteiger partial charge on any atom is -0.381 e. The molecule has 0 spiro atoms. The first-order chi connectivity index (χ1) is 14.0. The molecule has 1 fully saturated rings. The Kier molecular flexibility index (Phi) is 6.34. The van der Waals surface area contributed by atoms with Gasteiger partial charge in [0.15, 0.2) is 0 Å². The number of rotatable bonds is 9. The second-order valence-electron chi connectivity index (χ2n) is 7.61. The van der Waals surface area contributed by atoms with E-state index in [1.807, 2.05) is 11.4 Å². The van der Waals surface area contributed by atoms with Crippen LogP contribution in [-0.4, -0.2) is 44.9 Å². The van der Waals surface area contributed by atoms with Crippen LogP contribution in [0.2, 0.25) is 0 Å². The normalized spacial score (nSPS) is 17.1. The van der Waals surface area contributed by atoms with Crippen molar-refractivity contribution in [1.29, 1.82) is 0 Å². The number of thiophene rings is 1. The van der Waals surface area contributed by atoms with E-state index in [1.54, 1.807) is 29.5 Å². The third-order valence-corrected chi connectivity index (χ3v) is 8.17. The van der Waals surface area contributed by atoms with E-state index in [-0.39, 0.29) is 10.8 Å². The number of nitrogens with one attached hydrogen (secondary N) is 1. The first kappa shape index (κ1) is 20.5. The first-order valence-electron chi connectivity index (χ1n) is 10.1. The molecule has 0 bridgehead atoms. The minimum absolute atomic E-state index is 0.164. The highest BCUT2D eigenvalue weighted by atomic mass is 32.2. The quantitative estimate of drug-likeness (QED) is 0.616. The van der Waals surface area contributed by atoms with Crippen LogP contribution in [0.1, 0.15) is 40.1 Å². The van der Waals surface area contributed by atoms with Gasteiger partial charge in [0.05, 0.1) is 4.90 Å². The second-order valence-corrected chi connectivity index (χ2v) is 10.6. The highest BCUT2D eigenvalue weighted by Crippen LogP contribution is 2.29. The molecule has 29 heavy (non-hydrogen) atoms. The van der Waals surface area contributed by atoms with Gasteiger partial charge in [-0.05, 0) is 66.8 Å². The van der Waals surface area contributed by atoms with Crippen LogP contribution in [0, 0.1) is 5.92 Å². The maximum absolute atomic E-state index is 13.1. The SMILES string of the molecule is O=C(NCCCOCC1CC1)c1cccc(S(=O)(=O)N2CCc3sccc3C2)c1. The summed E-state index contributed by atoms with van der Waals surface area (Å²) in [4.78, 5) is 13.8. The molecule has 1 saturated carbocycles. The van der Waals surface area contributed by atoms with Crippen LogP contribution in [0.25, 0.3) is 0 Å². The molecule has 4 rings (SSSR count). The van der Waals surface area contributed by atoms with Crippen molar-refractivity contribution in [2.75, 3.05) is 26.3 Å². The molecule has 156 valence electrons. The number of amides is 1. The van der Waals surface area contributed by atoms with Crippen molar-refractivity contribution in [2.24, 2.45) is 5.92 Å². The van der Waals surface area contributed by atoms with Crippen LogP contribution in [0.15, 0.2) is 40.6 Å². The fraction of sp³-hybridized carbons (Fsp3) is 0.476. The van der Waals surface area contributed by atoms with Gasteiger partial charge in [0, 0.05) is 43.3 Å². The largest absolute Gasteiger partial charge is 0.381 e. The van der Waals surface area contributed by atoms with Gasteiger partial charge in [-0.3, -0.25) is 4.79 Å². The zero-order valence-electron chi connectivity index (χ0n) is 16.3. The van der Waals surface area contributed by atoms with Gasteiger partial charge in [0.25, 0.3) is 5.91 Å². The van der Waals surface area contributed by atoms with Gasteiger partial charge in [0.1, 0.15) is 0 Å². The maximum Gasteiger partial charge on any atom is 0.251 e. The number of nitrogens with zero attached hydrogens (tertiary/aromatic N) is 1. The summed E-state index contributed by atoms with van der Waals surface area (Å²) in [6, 6.07) is 8.28. The van der Waals surface area contributed by atoms with Crippen molar-refractivity contribution in [1.82, 2.24) is 9.62 Å². The number of carbonyl (C=O) groups excluding carboxylic acids is 1. The smallest absolute Gasteiger partial charge is 0.251 e. The lowest BCUT2D eigenvalue weighted by Gasteiger charge is -2.26. The lowest BCUT2D eigenvalue weighted by atomic mass is 10.1. The molecule has 8 heteroatoms. The predicted octanol–water partition coefficient (Wildman–Crippen LogP) is 3.04. The highest BCUT2D eigenvalue weighted by molar-refractivity contribution is 7.89. The number of fused-ring (bicyclic) bond motifs is 1. The van der Waals surface area contributed by atoms with E-state index >= 15 is 0 Å². The molecule has 0 saturated heterocycles. The van der Waals surface area contributed by atoms with Crippen molar-refractivity contribution >= 4 is 27.3 Å². The van der Waals surface area contributed by atoms with Gasteiger partial charge >= 0.3 is 0 Å². The minimum atomic E-state index is -3.64. The molecule has 2 aromatic rings. The van der Waals surface area contributed by atoms with Crippen LogP contribution in [-0.2, 0) is 27.7 Å². The van der Waals surface area contributed by atoms with Crippen LogP contribution in [0.5, 0.6) is 0 Å². The van der Waals surface area contributed by atoms with E-state index in [0.29, 0.717) is 31.8 Å². The molecule has 1 N–H and O–H groups in total. The summed E-state index contributed by atoms with van der Waals surface area (Å²) in [6.07, 6.45) is 4.01. The van der Waals surface area contributed by atoms with Gasteiger partial charge < -0.3 is 10.1 Å². The molecular weight excluding hydrogens is 408 g/mol. The number of sulfonamides is 1. The van der Waals surface area contributed by atoms with Crippen molar-refractivity contribution in [2.45, 2.75) is 37.1 Å². The molecule has 1 aromatic heterocycles. The van der Waals surface area contributed by atoms with Crippen LogP contribution in [0.3, 0.4) is 0 Å². The Labute approximate surface area is 175 Å². The summed E-state index contributed by atoms with van der Waals surface area (Å²) in [5.74, 6) is 0.475. The summed E-state index contributed by atoms with van der Waals surface area (Å²) in [5, 5.41) is 4.85. The summed E-state index contributed by atoms with van der Waals surface area (Å²) in [5.41, 5.74) is 1.43. The third kappa shape index (κ3) is 5.06. The monoisotopic (exact) mass is 434 g/mol. The summed E-state index contributed by atoms with van der Waals surface area (Å²) in [6.45, 7) is 2.81. The summed E-state index contributed by atoms with van der Waals surface area (Å²) >= 11 is 1.67. The lowest BCUT2D eigenvalue weighted by Crippen LogP contribution is -2.35. The van der Waals surface area contributed by atoms with Crippen molar-refractivity contribution in [3.05, 3.63) is 51.7 Å². The first-order valence-corrected chi connectivity index (χ1v) is 12.4. The van der Waals surface area contributed by atoms with E-state index in [4.69, 9.17) is 4.74 Å². The van der Waals surface area contributed by atoms with Crippen LogP contribution in [0.4, 0.5) is 0 Å². The molecule has 0 radical (unpaired) electrons. The molecule has 1 aromatic carbocycles. The number of carbonyl (C=O) groups is 1. The third-order valence-electron chi connectivity index (χ3n) is 5.31. The van der Waals surface area contributed by atoms with E-state index in [1.165, 1.54) is 28.1 Å². The molecule has 6 nitrogen and oxygen atoms in total. The van der Waals surface area contributed by atoms with E-state index in [2.05, 4.69) is 5.32 Å². The molecule has 1 aliphatic carbocycles. The molecule has 2 aliphatic rings. The lowest BCUT2D eigenvalue weighted by molar-refractivity contribution is 0.0937. The second kappa shape index (κ2) is 8.95. The van der Waals surface area contributed by atoms with Gasteiger partial charge in [-0.15, -0.1) is 11.3 Å². The number of ether oxygens (including phenoxy) is 1. The molecule has 2 heterocycles. The van der Waals surface area contributed by atoms with Crippen molar-refractivity contribution in [3.63, 3.8) is 0 Å². The van der Waals surface area contributed by atoms with Gasteiger partial charge in [0.2, 0.25) is 10.0 Å².